The fourth-order valence-corrected chi connectivity index (χ4v) is 5.98. The van der Waals surface area contributed by atoms with E-state index in [1.165, 1.54) is 88.2 Å². The molecule has 4 aromatic carbocycles. The molecule has 0 spiro atoms. The van der Waals surface area contributed by atoms with Crippen LogP contribution >= 0.6 is 0 Å². The molecule has 0 aromatic heterocycles. The third-order valence-electron chi connectivity index (χ3n) is 9.28. The zero-order chi connectivity index (χ0) is 37.4. The largest absolute Gasteiger partial charge is 0.462 e. The Balaban J connectivity index is 1.09. The molecular weight excluding hydrogens is 657 g/mol. The number of benzene rings is 4. The topological polar surface area (TPSA) is 77.3 Å². The van der Waals surface area contributed by atoms with Gasteiger partial charge in [-0.25, -0.2) is 9.59 Å². The highest BCUT2D eigenvalue weighted by molar-refractivity contribution is 5.92. The summed E-state index contributed by atoms with van der Waals surface area (Å²) in [6.07, 6.45) is 21.9. The summed E-state index contributed by atoms with van der Waals surface area (Å²) in [4.78, 5) is 34.2. The molecule has 0 N–H and O–H groups in total. The van der Waals surface area contributed by atoms with Gasteiger partial charge in [-0.15, -0.1) is 0 Å². The summed E-state index contributed by atoms with van der Waals surface area (Å²) in [7, 11) is 0. The maximum Gasteiger partial charge on any atom is 0.338 e. The molecule has 0 heterocycles. The van der Waals surface area contributed by atoms with Gasteiger partial charge < -0.3 is 9.47 Å². The van der Waals surface area contributed by atoms with E-state index in [9.17, 15) is 9.59 Å². The Morgan fingerprint density at radius 2 is 0.811 bits per heavy atom. The third-order valence-corrected chi connectivity index (χ3v) is 9.28. The predicted molar refractivity (Wildman–Crippen MR) is 220 cm³/mol. The molecule has 0 fully saturated rings. The van der Waals surface area contributed by atoms with Crippen LogP contribution in [0, 0.1) is 0 Å². The lowest BCUT2D eigenvalue weighted by molar-refractivity contribution is 0.0396. The van der Waals surface area contributed by atoms with E-state index in [0.717, 1.165) is 35.3 Å². The number of carbonyl (C=O) groups excluding carboxylic acids is 2. The number of hydrogen-bond donors (Lipinski definition) is 0. The molecule has 0 aliphatic heterocycles. The first-order chi connectivity index (χ1) is 26.0. The first-order valence-corrected chi connectivity index (χ1v) is 19.8. The van der Waals surface area contributed by atoms with Gasteiger partial charge in [0.25, 0.3) is 0 Å². The van der Waals surface area contributed by atoms with Crippen LogP contribution in [0.2, 0.25) is 0 Å². The van der Waals surface area contributed by atoms with Crippen molar-refractivity contribution in [2.45, 2.75) is 110 Å². The van der Waals surface area contributed by atoms with E-state index in [2.05, 4.69) is 72.4 Å². The van der Waals surface area contributed by atoms with Gasteiger partial charge in [-0.05, 0) is 96.5 Å². The van der Waals surface area contributed by atoms with Crippen LogP contribution in [0.1, 0.15) is 140 Å². The summed E-state index contributed by atoms with van der Waals surface area (Å²) in [5.41, 5.74) is 7.22. The summed E-state index contributed by atoms with van der Waals surface area (Å²) in [6.45, 7) is 4.80. The highest BCUT2D eigenvalue weighted by Gasteiger charge is 2.09. The Bertz CT molecular complexity index is 1550. The lowest BCUT2D eigenvalue weighted by Crippen LogP contribution is -2.11. The van der Waals surface area contributed by atoms with Crippen LogP contribution in [0.3, 0.4) is 0 Å². The second-order valence-corrected chi connectivity index (χ2v) is 13.8. The SMILES string of the molecule is CCCCCCCCc1ccc(N=Cc2ccc(C(=O)OCCCOC(=O)c3ccc(C=Nc4ccc(CCCCCCCC)cc4)cc3)cc2)cc1. The number of esters is 2. The molecule has 0 bridgehead atoms. The van der Waals surface area contributed by atoms with Crippen molar-refractivity contribution in [2.75, 3.05) is 13.2 Å². The van der Waals surface area contributed by atoms with Gasteiger partial charge in [0.15, 0.2) is 0 Å². The van der Waals surface area contributed by atoms with Crippen molar-refractivity contribution in [1.29, 1.82) is 0 Å². The van der Waals surface area contributed by atoms with E-state index in [-0.39, 0.29) is 13.2 Å². The molecule has 0 amide bonds. The van der Waals surface area contributed by atoms with Crippen molar-refractivity contribution in [3.63, 3.8) is 0 Å². The number of aryl methyl sites for hydroxylation is 2. The Hall–Kier alpha value is -4.84. The van der Waals surface area contributed by atoms with Crippen LogP contribution in [-0.2, 0) is 22.3 Å². The van der Waals surface area contributed by atoms with E-state index >= 15 is 0 Å². The molecule has 4 rings (SSSR count). The van der Waals surface area contributed by atoms with Crippen LogP contribution in [0.4, 0.5) is 11.4 Å². The quantitative estimate of drug-likeness (QED) is 0.0411. The average Bonchev–Trinajstić information content (AvgIpc) is 3.20. The number of ether oxygens (including phenoxy) is 2. The van der Waals surface area contributed by atoms with E-state index < -0.39 is 11.9 Å². The maximum absolute atomic E-state index is 12.5. The molecular formula is C47H58N2O4. The molecule has 6 heteroatoms. The Morgan fingerprint density at radius 3 is 1.19 bits per heavy atom. The molecule has 0 atom stereocenters. The summed E-state index contributed by atoms with van der Waals surface area (Å²) in [6, 6.07) is 31.2. The zero-order valence-electron chi connectivity index (χ0n) is 31.9. The Kier molecular flexibility index (Phi) is 18.8. The summed E-state index contributed by atoms with van der Waals surface area (Å²) >= 11 is 0. The number of aliphatic imine (C=N–C) groups is 2. The molecule has 0 saturated heterocycles. The fraction of sp³-hybridized carbons (Fsp3) is 0.404. The monoisotopic (exact) mass is 714 g/mol. The van der Waals surface area contributed by atoms with Gasteiger partial charge in [-0.3, -0.25) is 9.98 Å². The van der Waals surface area contributed by atoms with Crippen LogP contribution < -0.4 is 0 Å². The first kappa shape index (κ1) is 40.9. The standard InChI is InChI=1S/C47H58N2O4/c1-3-5-7-9-11-13-16-38-22-30-44(31-23-38)48-36-40-18-26-42(27-19-40)46(50)52-34-15-35-53-47(51)43-28-20-41(21-29-43)37-49-45-32-24-39(25-33-45)17-14-12-10-8-6-4-2/h18-33,36-37H,3-17,34-35H2,1-2H3. The van der Waals surface area contributed by atoms with Crippen molar-refractivity contribution in [2.24, 2.45) is 9.98 Å². The summed E-state index contributed by atoms with van der Waals surface area (Å²) in [5, 5.41) is 0. The number of rotatable bonds is 24. The molecule has 0 aliphatic carbocycles. The van der Waals surface area contributed by atoms with E-state index in [4.69, 9.17) is 9.47 Å². The first-order valence-electron chi connectivity index (χ1n) is 19.8. The van der Waals surface area contributed by atoms with E-state index in [1.54, 1.807) is 36.7 Å². The maximum atomic E-state index is 12.5. The smallest absolute Gasteiger partial charge is 0.338 e. The van der Waals surface area contributed by atoms with Crippen molar-refractivity contribution in [3.8, 4) is 0 Å². The predicted octanol–water partition coefficient (Wildman–Crippen LogP) is 12.4. The van der Waals surface area contributed by atoms with Crippen molar-refractivity contribution >= 4 is 35.7 Å². The number of unbranched alkanes of at least 4 members (excludes halogenated alkanes) is 10. The summed E-state index contributed by atoms with van der Waals surface area (Å²) < 4.78 is 10.8. The molecule has 280 valence electrons. The minimum absolute atomic E-state index is 0.152. The highest BCUT2D eigenvalue weighted by atomic mass is 16.5. The van der Waals surface area contributed by atoms with Gasteiger partial charge in [0.1, 0.15) is 0 Å². The Labute approximate surface area is 317 Å². The highest BCUT2D eigenvalue weighted by Crippen LogP contribution is 2.18. The van der Waals surface area contributed by atoms with Gasteiger partial charge in [0, 0.05) is 18.9 Å². The normalized spacial score (nSPS) is 11.4. The van der Waals surface area contributed by atoms with Gasteiger partial charge in [-0.2, -0.15) is 0 Å². The van der Waals surface area contributed by atoms with E-state index in [1.807, 2.05) is 24.3 Å². The molecule has 6 nitrogen and oxygen atoms in total. The molecule has 0 saturated carbocycles. The van der Waals surface area contributed by atoms with Crippen LogP contribution in [0.25, 0.3) is 0 Å². The lowest BCUT2D eigenvalue weighted by atomic mass is 10.0. The van der Waals surface area contributed by atoms with Crippen LogP contribution in [-0.4, -0.2) is 37.6 Å². The molecule has 0 radical (unpaired) electrons. The van der Waals surface area contributed by atoms with Gasteiger partial charge >= 0.3 is 11.9 Å². The number of nitrogens with zero attached hydrogens (tertiary/aromatic N) is 2. The van der Waals surface area contributed by atoms with Crippen LogP contribution in [0.5, 0.6) is 0 Å². The molecule has 0 aliphatic rings. The number of carbonyl (C=O) groups is 2. The van der Waals surface area contributed by atoms with Gasteiger partial charge in [-0.1, -0.05) is 127 Å². The van der Waals surface area contributed by atoms with E-state index in [0.29, 0.717) is 17.5 Å². The molecule has 53 heavy (non-hydrogen) atoms. The van der Waals surface area contributed by atoms with Crippen LogP contribution in [0.15, 0.2) is 107 Å². The minimum atomic E-state index is -0.415. The summed E-state index contributed by atoms with van der Waals surface area (Å²) in [5.74, 6) is -0.829. The second kappa shape index (κ2) is 24.4. The molecule has 0 unspecified atom stereocenters. The fourth-order valence-electron chi connectivity index (χ4n) is 5.98. The second-order valence-electron chi connectivity index (χ2n) is 13.8. The average molecular weight is 715 g/mol. The minimum Gasteiger partial charge on any atom is -0.462 e. The van der Waals surface area contributed by atoms with Crippen molar-refractivity contribution < 1.29 is 19.1 Å². The number of hydrogen-bond acceptors (Lipinski definition) is 6. The van der Waals surface area contributed by atoms with Crippen molar-refractivity contribution in [1.82, 2.24) is 0 Å². The Morgan fingerprint density at radius 1 is 0.453 bits per heavy atom. The van der Waals surface area contributed by atoms with Crippen molar-refractivity contribution in [3.05, 3.63) is 130 Å². The van der Waals surface area contributed by atoms with Gasteiger partial charge in [0.2, 0.25) is 0 Å². The third kappa shape index (κ3) is 16.2. The van der Waals surface area contributed by atoms with Gasteiger partial charge in [0.05, 0.1) is 35.7 Å². The lowest BCUT2D eigenvalue weighted by Gasteiger charge is -2.07. The molecule has 4 aromatic rings. The zero-order valence-corrected chi connectivity index (χ0v) is 31.9.